The van der Waals surface area contributed by atoms with Crippen LogP contribution in [0.5, 0.6) is 0 Å². The zero-order valence-corrected chi connectivity index (χ0v) is 7.03. The van der Waals surface area contributed by atoms with E-state index >= 15 is 0 Å². The van der Waals surface area contributed by atoms with Crippen LogP contribution in [0.15, 0.2) is 46.5 Å². The molecule has 1 aromatic carbocycles. The standard InChI is InChI=1S/C8H6N2OS/c9-10-6-8(11)12-7-4-2-1-3-5-7/h1-6H/p+1/b8-6+. The summed E-state index contributed by atoms with van der Waals surface area (Å²) in [6, 6.07) is 9.33. The van der Waals surface area contributed by atoms with Crippen LogP contribution in [0.4, 0.5) is 0 Å². The number of nitrogens with zero attached hydrogens (tertiary/aromatic N) is 2. The molecule has 0 fully saturated rings. The fourth-order valence-electron chi connectivity index (χ4n) is 0.685. The van der Waals surface area contributed by atoms with Crippen molar-refractivity contribution in [1.82, 2.24) is 0 Å². The van der Waals surface area contributed by atoms with Crippen molar-refractivity contribution in [1.29, 1.82) is 5.39 Å². The van der Waals surface area contributed by atoms with Gasteiger partial charge in [0.15, 0.2) is 4.98 Å². The molecule has 0 unspecified atom stereocenters. The van der Waals surface area contributed by atoms with Crippen LogP contribution >= 0.6 is 11.8 Å². The van der Waals surface area contributed by atoms with Crippen LogP contribution in [0.1, 0.15) is 0 Å². The monoisotopic (exact) mass is 179 g/mol. The van der Waals surface area contributed by atoms with E-state index in [1.807, 2.05) is 30.3 Å². The van der Waals surface area contributed by atoms with E-state index in [2.05, 4.69) is 4.98 Å². The number of rotatable bonds is 2. The highest BCUT2D eigenvalue weighted by atomic mass is 32.2. The first kappa shape index (κ1) is 8.62. The van der Waals surface area contributed by atoms with Crippen molar-refractivity contribution in [2.24, 2.45) is 0 Å². The topological polar surface area (TPSA) is 48.4 Å². The number of hydrogen-bond acceptors (Lipinski definition) is 3. The number of thioether (sulfide) groups is 1. The molecule has 0 aromatic heterocycles. The van der Waals surface area contributed by atoms with Gasteiger partial charge in [0.2, 0.25) is 10.5 Å². The Kier molecular flexibility index (Phi) is 3.17. The lowest BCUT2D eigenvalue weighted by molar-refractivity contribution is 0.456. The first-order chi connectivity index (χ1) is 5.83. The van der Waals surface area contributed by atoms with Crippen LogP contribution in [-0.2, 0) is 0 Å². The number of hydrogen-bond donors (Lipinski definition) is 1. The summed E-state index contributed by atoms with van der Waals surface area (Å²) in [5.74, 6) is 0. The van der Waals surface area contributed by atoms with Crippen LogP contribution in [0.2, 0.25) is 0 Å². The normalized spacial score (nSPS) is 10.8. The maximum absolute atomic E-state index is 9.07. The number of aliphatic hydroxyl groups excluding tert-OH is 1. The molecule has 0 atom stereocenters. The first-order valence-corrected chi connectivity index (χ1v) is 4.11. The third-order valence-electron chi connectivity index (χ3n) is 1.13. The summed E-state index contributed by atoms with van der Waals surface area (Å²) in [5, 5.41) is 17.1. The van der Waals surface area contributed by atoms with Gasteiger partial charge in [-0.3, -0.25) is 0 Å². The van der Waals surface area contributed by atoms with Crippen molar-refractivity contribution < 1.29 is 5.11 Å². The van der Waals surface area contributed by atoms with Crippen molar-refractivity contribution in [3.05, 3.63) is 46.6 Å². The predicted octanol–water partition coefficient (Wildman–Crippen LogP) is 2.99. The highest BCUT2D eigenvalue weighted by Gasteiger charge is 2.01. The van der Waals surface area contributed by atoms with Crippen LogP contribution in [0.3, 0.4) is 0 Å². The summed E-state index contributed by atoms with van der Waals surface area (Å²) in [7, 11) is 0. The molecule has 0 saturated carbocycles. The maximum atomic E-state index is 9.07. The lowest BCUT2D eigenvalue weighted by atomic mass is 10.4. The molecule has 0 radical (unpaired) electrons. The molecule has 3 nitrogen and oxygen atoms in total. The number of benzene rings is 1. The van der Waals surface area contributed by atoms with Crippen LogP contribution < -0.4 is 0 Å². The summed E-state index contributed by atoms with van der Waals surface area (Å²) in [6.07, 6.45) is 0.984. The molecule has 4 heteroatoms. The molecule has 1 N–H and O–H groups in total. The van der Waals surface area contributed by atoms with E-state index in [1.165, 1.54) is 0 Å². The highest BCUT2D eigenvalue weighted by molar-refractivity contribution is 8.02. The Morgan fingerprint density at radius 1 is 1.42 bits per heavy atom. The minimum Gasteiger partial charge on any atom is -0.497 e. The first-order valence-electron chi connectivity index (χ1n) is 3.29. The lowest BCUT2D eigenvalue weighted by Gasteiger charge is -1.94. The van der Waals surface area contributed by atoms with E-state index in [1.54, 1.807) is 0 Å². The van der Waals surface area contributed by atoms with E-state index in [0.29, 0.717) is 0 Å². The summed E-state index contributed by atoms with van der Waals surface area (Å²) < 4.78 is 0. The van der Waals surface area contributed by atoms with E-state index in [4.69, 9.17) is 10.5 Å². The Hall–Kier alpha value is -1.47. The Bertz CT molecular complexity index is 316. The zero-order valence-electron chi connectivity index (χ0n) is 6.21. The van der Waals surface area contributed by atoms with Crippen LogP contribution in [0, 0.1) is 5.39 Å². The van der Waals surface area contributed by atoms with Gasteiger partial charge in [-0.2, -0.15) is 0 Å². The van der Waals surface area contributed by atoms with Crippen molar-refractivity contribution >= 4 is 11.8 Å². The quantitative estimate of drug-likeness (QED) is 0.431. The molecular formula is C8H7N2OS+. The SMILES string of the molecule is N#[N+]/C=C(\O)Sc1ccccc1. The third-order valence-corrected chi connectivity index (χ3v) is 1.96. The van der Waals surface area contributed by atoms with Gasteiger partial charge in [0.1, 0.15) is 0 Å². The van der Waals surface area contributed by atoms with E-state index in [-0.39, 0.29) is 5.09 Å². The average Bonchev–Trinajstić information content (AvgIpc) is 2.06. The molecule has 0 aliphatic rings. The van der Waals surface area contributed by atoms with Gasteiger partial charge < -0.3 is 5.11 Å². The maximum Gasteiger partial charge on any atom is 0.398 e. The largest absolute Gasteiger partial charge is 0.497 e. The smallest absolute Gasteiger partial charge is 0.398 e. The second kappa shape index (κ2) is 4.42. The van der Waals surface area contributed by atoms with Crippen molar-refractivity contribution in [3.63, 3.8) is 0 Å². The fraction of sp³-hybridized carbons (Fsp3) is 0. The van der Waals surface area contributed by atoms with Crippen LogP contribution in [0.25, 0.3) is 4.98 Å². The Morgan fingerprint density at radius 2 is 2.08 bits per heavy atom. The minimum absolute atomic E-state index is 0.0382. The van der Waals surface area contributed by atoms with Gasteiger partial charge in [-0.1, -0.05) is 18.2 Å². The molecule has 0 aliphatic heterocycles. The molecule has 0 heterocycles. The Balaban J connectivity index is 2.66. The molecule has 0 saturated heterocycles. The summed E-state index contributed by atoms with van der Waals surface area (Å²) in [5.41, 5.74) is 0. The second-order valence-corrected chi connectivity index (χ2v) is 3.09. The third kappa shape index (κ3) is 2.64. The van der Waals surface area contributed by atoms with E-state index < -0.39 is 0 Å². The van der Waals surface area contributed by atoms with Crippen molar-refractivity contribution in [3.8, 4) is 0 Å². The molecule has 0 bridgehead atoms. The molecular weight excluding hydrogens is 172 g/mol. The number of diazo groups is 1. The van der Waals surface area contributed by atoms with E-state index in [0.717, 1.165) is 22.9 Å². The molecule has 1 aromatic rings. The molecule has 0 amide bonds. The molecule has 1 rings (SSSR count). The summed E-state index contributed by atoms with van der Waals surface area (Å²) in [6.45, 7) is 0. The Morgan fingerprint density at radius 3 is 2.67 bits per heavy atom. The van der Waals surface area contributed by atoms with Crippen molar-refractivity contribution in [2.75, 3.05) is 0 Å². The Labute approximate surface area is 74.3 Å². The predicted molar refractivity (Wildman–Crippen MR) is 48.1 cm³/mol. The van der Waals surface area contributed by atoms with Gasteiger partial charge >= 0.3 is 6.20 Å². The van der Waals surface area contributed by atoms with E-state index in [9.17, 15) is 0 Å². The average molecular weight is 179 g/mol. The number of aliphatic hydroxyl groups is 1. The van der Waals surface area contributed by atoms with Gasteiger partial charge in [-0.05, 0) is 23.9 Å². The molecule has 12 heavy (non-hydrogen) atoms. The van der Waals surface area contributed by atoms with Crippen LogP contribution in [-0.4, -0.2) is 5.11 Å². The van der Waals surface area contributed by atoms with Gasteiger partial charge in [-0.25, -0.2) is 0 Å². The fourth-order valence-corrected chi connectivity index (χ4v) is 1.32. The summed E-state index contributed by atoms with van der Waals surface area (Å²) in [4.78, 5) is 3.60. The summed E-state index contributed by atoms with van der Waals surface area (Å²) >= 11 is 1.13. The molecule has 0 spiro atoms. The molecule has 0 aliphatic carbocycles. The van der Waals surface area contributed by atoms with Gasteiger partial charge in [-0.15, -0.1) is 0 Å². The molecule has 60 valence electrons. The second-order valence-electron chi connectivity index (χ2n) is 2.00. The highest BCUT2D eigenvalue weighted by Crippen LogP contribution is 2.23. The minimum atomic E-state index is -0.0382. The van der Waals surface area contributed by atoms with Gasteiger partial charge in [0.25, 0.3) is 0 Å². The zero-order chi connectivity index (χ0) is 8.81. The van der Waals surface area contributed by atoms with Gasteiger partial charge in [0.05, 0.1) is 0 Å². The van der Waals surface area contributed by atoms with Gasteiger partial charge in [0, 0.05) is 4.90 Å². The van der Waals surface area contributed by atoms with Crippen molar-refractivity contribution in [2.45, 2.75) is 4.90 Å². The lowest BCUT2D eigenvalue weighted by Crippen LogP contribution is -1.72.